The van der Waals surface area contributed by atoms with E-state index in [1.165, 1.54) is 7.11 Å². The van der Waals surface area contributed by atoms with Crippen molar-refractivity contribution in [2.45, 2.75) is 0 Å². The molecule has 1 heterocycles. The smallest absolute Gasteiger partial charge is 0.305 e. The molecule has 2 rings (SSSR count). The lowest BCUT2D eigenvalue weighted by Gasteiger charge is -1.88. The Kier molecular flexibility index (Phi) is 2.33. The molecular formula is C10H8N3O2+. The Labute approximate surface area is 86.0 Å². The van der Waals surface area contributed by atoms with Gasteiger partial charge in [0.15, 0.2) is 11.2 Å². The predicted molar refractivity (Wildman–Crippen MR) is 49.4 cm³/mol. The minimum absolute atomic E-state index is 0.240. The molecule has 0 aliphatic rings. The summed E-state index contributed by atoms with van der Waals surface area (Å²) in [5.41, 5.74) is 1.53. The number of aromatic nitrogens is 2. The highest BCUT2D eigenvalue weighted by atomic mass is 16.8. The average Bonchev–Trinajstić information content (AvgIpc) is 2.72. The zero-order chi connectivity index (χ0) is 10.7. The molecule has 74 valence electrons. The maximum atomic E-state index is 8.93. The summed E-state index contributed by atoms with van der Waals surface area (Å²) in [5.74, 6) is 0. The van der Waals surface area contributed by atoms with Crippen molar-refractivity contribution >= 4 is 0 Å². The molecule has 1 aromatic carbocycles. The monoisotopic (exact) mass is 202 g/mol. The Bertz CT molecular complexity index is 499. The predicted octanol–water partition coefficient (Wildman–Crippen LogP) is 0.559. The second-order valence-electron chi connectivity index (χ2n) is 2.79. The summed E-state index contributed by atoms with van der Waals surface area (Å²) in [5, 5.41) is 12.7. The van der Waals surface area contributed by atoms with Crippen LogP contribution in [0, 0.1) is 11.3 Å². The van der Waals surface area contributed by atoms with Gasteiger partial charge in [0.05, 0.1) is 0 Å². The third kappa shape index (κ3) is 1.53. The summed E-state index contributed by atoms with van der Waals surface area (Å²) < 4.78 is 4.81. The second kappa shape index (κ2) is 3.80. The fraction of sp³-hybridized carbons (Fsp3) is 0.100. The normalized spacial score (nSPS) is 9.60. The summed E-state index contributed by atoms with van der Waals surface area (Å²) in [4.78, 5) is 5.78. The lowest BCUT2D eigenvalue weighted by molar-refractivity contribution is -1.02. The van der Waals surface area contributed by atoms with Crippen LogP contribution in [0.3, 0.4) is 0 Å². The average molecular weight is 202 g/mol. The summed E-state index contributed by atoms with van der Waals surface area (Å²) in [7, 11) is 1.40. The van der Waals surface area contributed by atoms with Crippen molar-refractivity contribution in [3.63, 3.8) is 0 Å². The number of hydrogen-bond acceptors (Lipinski definition) is 4. The summed E-state index contributed by atoms with van der Waals surface area (Å²) in [6.07, 6.45) is 0. The van der Waals surface area contributed by atoms with Crippen molar-refractivity contribution in [3.05, 3.63) is 36.0 Å². The molecule has 5 heteroatoms. The van der Waals surface area contributed by atoms with Gasteiger partial charge in [-0.1, -0.05) is 30.3 Å². The number of benzene rings is 1. The molecule has 0 saturated heterocycles. The molecule has 0 N–H and O–H groups in total. The van der Waals surface area contributed by atoms with E-state index in [-0.39, 0.29) is 5.69 Å². The molecule has 0 radical (unpaired) electrons. The van der Waals surface area contributed by atoms with Gasteiger partial charge in [-0.3, -0.25) is 0 Å². The number of nitriles is 1. The zero-order valence-corrected chi connectivity index (χ0v) is 8.04. The molecule has 0 saturated carbocycles. The summed E-state index contributed by atoms with van der Waals surface area (Å²) in [6, 6.07) is 11.3. The van der Waals surface area contributed by atoms with Crippen molar-refractivity contribution in [3.8, 4) is 17.3 Å². The first-order chi connectivity index (χ1) is 7.36. The molecule has 0 aliphatic heterocycles. The van der Waals surface area contributed by atoms with Crippen LogP contribution in [-0.2, 0) is 0 Å². The molecule has 0 atom stereocenters. The molecule has 1 aromatic heterocycles. The maximum absolute atomic E-state index is 8.93. The van der Waals surface area contributed by atoms with Crippen LogP contribution >= 0.6 is 0 Å². The van der Waals surface area contributed by atoms with E-state index in [9.17, 15) is 0 Å². The molecule has 0 spiro atoms. The minimum Gasteiger partial charge on any atom is -0.305 e. The van der Waals surface area contributed by atoms with Gasteiger partial charge in [0, 0.05) is 5.56 Å². The Morgan fingerprint density at radius 3 is 2.73 bits per heavy atom. The van der Waals surface area contributed by atoms with Crippen LogP contribution in [0.4, 0.5) is 0 Å². The Morgan fingerprint density at radius 2 is 2.13 bits per heavy atom. The van der Waals surface area contributed by atoms with Crippen LogP contribution in [0.15, 0.2) is 35.0 Å². The van der Waals surface area contributed by atoms with Gasteiger partial charge < -0.3 is 4.84 Å². The third-order valence-corrected chi connectivity index (χ3v) is 1.93. The number of rotatable bonds is 2. The molecule has 2 aromatic rings. The van der Waals surface area contributed by atoms with Gasteiger partial charge in [-0.25, -0.2) is 0 Å². The van der Waals surface area contributed by atoms with Crippen molar-refractivity contribution in [2.24, 2.45) is 0 Å². The molecule has 15 heavy (non-hydrogen) atoms. The standard InChI is InChI=1S/C10H8N3O2/c1-14-13-9(7-11)10(12-15-13)8-5-3-2-4-6-8/h2-6H,1H3/q+1. The molecule has 0 fully saturated rings. The van der Waals surface area contributed by atoms with Crippen LogP contribution in [0.5, 0.6) is 0 Å². The molecule has 0 unspecified atom stereocenters. The molecule has 0 bridgehead atoms. The van der Waals surface area contributed by atoms with Gasteiger partial charge in [-0.2, -0.15) is 5.26 Å². The highest BCUT2D eigenvalue weighted by molar-refractivity contribution is 5.62. The van der Waals surface area contributed by atoms with E-state index in [0.29, 0.717) is 5.69 Å². The van der Waals surface area contributed by atoms with E-state index >= 15 is 0 Å². The van der Waals surface area contributed by atoms with E-state index in [4.69, 9.17) is 14.7 Å². The Hall–Kier alpha value is -2.35. The lowest BCUT2D eigenvalue weighted by atomic mass is 10.1. The fourth-order valence-corrected chi connectivity index (χ4v) is 1.25. The molecule has 0 aliphatic carbocycles. The van der Waals surface area contributed by atoms with Gasteiger partial charge in [0.1, 0.15) is 12.0 Å². The van der Waals surface area contributed by atoms with Crippen LogP contribution in [0.1, 0.15) is 5.69 Å². The second-order valence-corrected chi connectivity index (χ2v) is 2.79. The summed E-state index contributed by atoms with van der Waals surface area (Å²) >= 11 is 0. The molecule has 0 amide bonds. The van der Waals surface area contributed by atoms with E-state index in [1.807, 2.05) is 36.4 Å². The van der Waals surface area contributed by atoms with Crippen molar-refractivity contribution in [1.82, 2.24) is 5.16 Å². The molecular weight excluding hydrogens is 194 g/mol. The van der Waals surface area contributed by atoms with E-state index in [2.05, 4.69) is 5.16 Å². The zero-order valence-electron chi connectivity index (χ0n) is 8.04. The lowest BCUT2D eigenvalue weighted by Crippen LogP contribution is -2.41. The van der Waals surface area contributed by atoms with E-state index < -0.39 is 0 Å². The largest absolute Gasteiger partial charge is 0.349 e. The number of hydrogen-bond donors (Lipinski definition) is 0. The van der Waals surface area contributed by atoms with Crippen molar-refractivity contribution < 1.29 is 14.4 Å². The molecule has 5 nitrogen and oxygen atoms in total. The quantitative estimate of drug-likeness (QED) is 0.713. The highest BCUT2D eigenvalue weighted by Crippen LogP contribution is 2.17. The van der Waals surface area contributed by atoms with E-state index in [1.54, 1.807) is 0 Å². The first-order valence-electron chi connectivity index (χ1n) is 4.29. The van der Waals surface area contributed by atoms with Crippen LogP contribution in [-0.4, -0.2) is 12.3 Å². The van der Waals surface area contributed by atoms with Crippen LogP contribution in [0.2, 0.25) is 0 Å². The fourth-order valence-electron chi connectivity index (χ4n) is 1.25. The van der Waals surface area contributed by atoms with Crippen LogP contribution in [0.25, 0.3) is 11.3 Å². The van der Waals surface area contributed by atoms with Crippen molar-refractivity contribution in [2.75, 3.05) is 7.11 Å². The van der Waals surface area contributed by atoms with Crippen LogP contribution < -0.4 is 9.74 Å². The highest BCUT2D eigenvalue weighted by Gasteiger charge is 2.26. The Morgan fingerprint density at radius 1 is 1.40 bits per heavy atom. The Balaban J connectivity index is 2.55. The first-order valence-corrected chi connectivity index (χ1v) is 4.29. The van der Waals surface area contributed by atoms with Gasteiger partial charge >= 0.3 is 5.69 Å². The van der Waals surface area contributed by atoms with Gasteiger partial charge in [-0.05, 0) is 4.63 Å². The third-order valence-electron chi connectivity index (χ3n) is 1.93. The topological polar surface area (TPSA) is 62.9 Å². The number of nitrogens with zero attached hydrogens (tertiary/aromatic N) is 3. The van der Waals surface area contributed by atoms with Crippen molar-refractivity contribution in [1.29, 1.82) is 5.26 Å². The minimum atomic E-state index is 0.240. The first kappa shape index (κ1) is 9.21. The van der Waals surface area contributed by atoms with Gasteiger partial charge in [-0.15, -0.1) is 0 Å². The van der Waals surface area contributed by atoms with Gasteiger partial charge in [0.2, 0.25) is 0 Å². The van der Waals surface area contributed by atoms with Gasteiger partial charge in [0.25, 0.3) is 5.69 Å². The van der Waals surface area contributed by atoms with E-state index in [0.717, 1.165) is 10.5 Å². The SMILES string of the molecule is CO[n+]1onc(-c2ccccc2)c1C#N. The maximum Gasteiger partial charge on any atom is 0.349 e. The summed E-state index contributed by atoms with van der Waals surface area (Å²) in [6.45, 7) is 0.